The molecule has 0 fully saturated rings. The fourth-order valence-corrected chi connectivity index (χ4v) is 1.50. The number of aryl methyl sites for hydroxylation is 2. The molecule has 0 aliphatic heterocycles. The van der Waals surface area contributed by atoms with Crippen LogP contribution in [0.15, 0.2) is 23.2 Å². The van der Waals surface area contributed by atoms with Gasteiger partial charge in [-0.3, -0.25) is 0 Å². The van der Waals surface area contributed by atoms with E-state index in [-0.39, 0.29) is 0 Å². The molecule has 3 nitrogen and oxygen atoms in total. The predicted molar refractivity (Wildman–Crippen MR) is 69.7 cm³/mol. The van der Waals surface area contributed by atoms with Gasteiger partial charge in [-0.15, -0.1) is 0 Å². The Morgan fingerprint density at radius 1 is 1.18 bits per heavy atom. The Balaban J connectivity index is 2.74. The summed E-state index contributed by atoms with van der Waals surface area (Å²) < 4.78 is 5.08. The Bertz CT molecular complexity index is 422. The maximum atomic E-state index is 11.4. The molecule has 92 valence electrons. The first-order valence-corrected chi connectivity index (χ1v) is 5.61. The smallest absolute Gasteiger partial charge is 0.434 e. The molecule has 0 radical (unpaired) electrons. The molecule has 0 N–H and O–H groups in total. The first-order valence-electron chi connectivity index (χ1n) is 5.61. The van der Waals surface area contributed by atoms with Crippen molar-refractivity contribution >= 4 is 12.3 Å². The van der Waals surface area contributed by atoms with Crippen molar-refractivity contribution in [3.8, 4) is 0 Å². The summed E-state index contributed by atoms with van der Waals surface area (Å²) in [6, 6.07) is 6.02. The van der Waals surface area contributed by atoms with Crippen LogP contribution in [0.4, 0.5) is 4.79 Å². The van der Waals surface area contributed by atoms with Crippen LogP contribution in [0, 0.1) is 13.8 Å². The van der Waals surface area contributed by atoms with Gasteiger partial charge in [-0.05, 0) is 40.2 Å². The molecule has 1 aromatic carbocycles. The van der Waals surface area contributed by atoms with Gasteiger partial charge in [0.1, 0.15) is 5.60 Å². The number of hydrogen-bond acceptors (Lipinski definition) is 2. The van der Waals surface area contributed by atoms with Crippen molar-refractivity contribution in [2.45, 2.75) is 40.2 Å². The number of ether oxygens (including phenoxy) is 1. The fourth-order valence-electron chi connectivity index (χ4n) is 1.50. The van der Waals surface area contributed by atoms with E-state index < -0.39 is 11.7 Å². The van der Waals surface area contributed by atoms with Crippen LogP contribution in [0.25, 0.3) is 0 Å². The number of nitrogens with zero attached hydrogens (tertiary/aromatic N) is 1. The maximum Gasteiger partial charge on any atom is 0.434 e. The van der Waals surface area contributed by atoms with Crippen molar-refractivity contribution in [3.05, 3.63) is 34.9 Å². The van der Waals surface area contributed by atoms with E-state index in [1.54, 1.807) is 0 Å². The highest BCUT2D eigenvalue weighted by Crippen LogP contribution is 2.09. The number of hydrogen-bond donors (Lipinski definition) is 0. The van der Waals surface area contributed by atoms with E-state index in [0.717, 1.165) is 16.7 Å². The van der Waals surface area contributed by atoms with Gasteiger partial charge in [0.25, 0.3) is 0 Å². The highest BCUT2D eigenvalue weighted by Gasteiger charge is 2.14. The lowest BCUT2D eigenvalue weighted by molar-refractivity contribution is 0.0605. The van der Waals surface area contributed by atoms with Crippen molar-refractivity contribution in [1.29, 1.82) is 0 Å². The van der Waals surface area contributed by atoms with Crippen LogP contribution in [-0.2, 0) is 4.74 Å². The van der Waals surface area contributed by atoms with Crippen molar-refractivity contribution in [2.75, 3.05) is 0 Å². The van der Waals surface area contributed by atoms with Crippen LogP contribution in [-0.4, -0.2) is 17.9 Å². The van der Waals surface area contributed by atoms with Gasteiger partial charge in [0, 0.05) is 6.21 Å². The molecular weight excluding hydrogens is 214 g/mol. The van der Waals surface area contributed by atoms with E-state index in [1.807, 2.05) is 46.8 Å². The molecule has 0 unspecified atom stereocenters. The number of carbonyl (C=O) groups excluding carboxylic acids is 1. The molecule has 0 saturated heterocycles. The first-order chi connectivity index (χ1) is 7.76. The van der Waals surface area contributed by atoms with E-state index in [9.17, 15) is 4.79 Å². The van der Waals surface area contributed by atoms with Gasteiger partial charge in [-0.25, -0.2) is 4.79 Å². The third-order valence-electron chi connectivity index (χ3n) is 1.96. The lowest BCUT2D eigenvalue weighted by Crippen LogP contribution is -2.21. The maximum absolute atomic E-state index is 11.4. The highest BCUT2D eigenvalue weighted by molar-refractivity contribution is 5.89. The summed E-state index contributed by atoms with van der Waals surface area (Å²) in [5.41, 5.74) is 2.70. The van der Waals surface area contributed by atoms with Gasteiger partial charge in [-0.1, -0.05) is 29.3 Å². The van der Waals surface area contributed by atoms with Gasteiger partial charge in [0.15, 0.2) is 0 Å². The minimum atomic E-state index is -0.559. The average Bonchev–Trinajstić information content (AvgIpc) is 2.10. The lowest BCUT2D eigenvalue weighted by atomic mass is 10.1. The molecule has 0 atom stereocenters. The summed E-state index contributed by atoms with van der Waals surface area (Å²) in [6.07, 6.45) is 0.977. The Hall–Kier alpha value is -1.64. The van der Waals surface area contributed by atoms with Crippen LogP contribution in [0.5, 0.6) is 0 Å². The predicted octanol–water partition coefficient (Wildman–Crippen LogP) is 3.66. The van der Waals surface area contributed by atoms with Gasteiger partial charge < -0.3 is 4.74 Å². The monoisotopic (exact) mass is 233 g/mol. The molecule has 0 aromatic heterocycles. The SMILES string of the molecule is Cc1cc(C)cc(/C=N/C(=O)OC(C)(C)C)c1. The summed E-state index contributed by atoms with van der Waals surface area (Å²) in [5, 5.41) is 0. The number of rotatable bonds is 1. The molecule has 1 rings (SSSR count). The summed E-state index contributed by atoms with van der Waals surface area (Å²) in [7, 11) is 0. The Morgan fingerprint density at radius 2 is 1.71 bits per heavy atom. The first kappa shape index (κ1) is 13.4. The molecule has 1 amide bonds. The zero-order valence-electron chi connectivity index (χ0n) is 11.1. The van der Waals surface area contributed by atoms with Crippen LogP contribution < -0.4 is 0 Å². The minimum absolute atomic E-state index is 0.503. The largest absolute Gasteiger partial charge is 0.442 e. The second kappa shape index (κ2) is 5.13. The third-order valence-corrected chi connectivity index (χ3v) is 1.96. The van der Waals surface area contributed by atoms with Crippen LogP contribution in [0.3, 0.4) is 0 Å². The quantitative estimate of drug-likeness (QED) is 0.694. The van der Waals surface area contributed by atoms with Crippen LogP contribution in [0.1, 0.15) is 37.5 Å². The van der Waals surface area contributed by atoms with Crippen LogP contribution in [0.2, 0.25) is 0 Å². The highest BCUT2D eigenvalue weighted by atomic mass is 16.6. The standard InChI is InChI=1S/C14H19NO2/c1-10-6-11(2)8-12(7-10)9-15-13(16)17-14(3,4)5/h6-9H,1-5H3/b15-9+. The molecule has 3 heteroatoms. The summed E-state index contributed by atoms with van der Waals surface area (Å²) >= 11 is 0. The van der Waals surface area contributed by atoms with E-state index >= 15 is 0 Å². The van der Waals surface area contributed by atoms with Gasteiger partial charge in [-0.2, -0.15) is 4.99 Å². The van der Waals surface area contributed by atoms with Crippen molar-refractivity contribution in [1.82, 2.24) is 0 Å². The van der Waals surface area contributed by atoms with E-state index in [0.29, 0.717) is 0 Å². The second-order valence-corrected chi connectivity index (χ2v) is 5.16. The summed E-state index contributed by atoms with van der Waals surface area (Å²) in [4.78, 5) is 15.2. The van der Waals surface area contributed by atoms with E-state index in [4.69, 9.17) is 4.74 Å². The molecule has 0 aliphatic rings. The minimum Gasteiger partial charge on any atom is -0.442 e. The molecule has 0 spiro atoms. The van der Waals surface area contributed by atoms with Crippen molar-refractivity contribution in [2.24, 2.45) is 4.99 Å². The Morgan fingerprint density at radius 3 is 2.18 bits per heavy atom. The molecule has 17 heavy (non-hydrogen) atoms. The molecule has 0 heterocycles. The lowest BCUT2D eigenvalue weighted by Gasteiger charge is -2.17. The van der Waals surface area contributed by atoms with E-state index in [1.165, 1.54) is 6.21 Å². The van der Waals surface area contributed by atoms with Gasteiger partial charge in [0.05, 0.1) is 0 Å². The zero-order chi connectivity index (χ0) is 13.1. The molecule has 1 aromatic rings. The number of benzene rings is 1. The molecule has 0 bridgehead atoms. The topological polar surface area (TPSA) is 38.7 Å². The summed E-state index contributed by atoms with van der Waals surface area (Å²) in [5.74, 6) is 0. The van der Waals surface area contributed by atoms with Crippen molar-refractivity contribution in [3.63, 3.8) is 0 Å². The zero-order valence-corrected chi connectivity index (χ0v) is 11.1. The molecule has 0 saturated carbocycles. The normalized spacial score (nSPS) is 11.8. The third kappa shape index (κ3) is 5.29. The van der Waals surface area contributed by atoms with Gasteiger partial charge >= 0.3 is 6.09 Å². The Labute approximate surface area is 103 Å². The fraction of sp³-hybridized carbons (Fsp3) is 0.429. The molecule has 0 aliphatic carbocycles. The van der Waals surface area contributed by atoms with Gasteiger partial charge in [0.2, 0.25) is 0 Å². The number of carbonyl (C=O) groups is 1. The van der Waals surface area contributed by atoms with Crippen molar-refractivity contribution < 1.29 is 9.53 Å². The van der Waals surface area contributed by atoms with Crippen LogP contribution >= 0.6 is 0 Å². The number of amides is 1. The van der Waals surface area contributed by atoms with E-state index in [2.05, 4.69) is 11.1 Å². The summed E-state index contributed by atoms with van der Waals surface area (Å²) in [6.45, 7) is 9.47. The number of aliphatic imine (C=N–C) groups is 1. The Kier molecular flexibility index (Phi) is 4.05. The second-order valence-electron chi connectivity index (χ2n) is 5.16. The average molecular weight is 233 g/mol. The molecular formula is C14H19NO2.